The molecule has 2 rings (SSSR count). The summed E-state index contributed by atoms with van der Waals surface area (Å²) >= 11 is 0. The molecule has 0 aromatic heterocycles. The number of hydrogen-bond acceptors (Lipinski definition) is 4. The summed E-state index contributed by atoms with van der Waals surface area (Å²) in [4.78, 5) is 25.8. The zero-order valence-electron chi connectivity index (χ0n) is 13.6. The Kier molecular flexibility index (Phi) is 5.50. The summed E-state index contributed by atoms with van der Waals surface area (Å²) in [5.74, 6) is -2.32. The zero-order valence-corrected chi connectivity index (χ0v) is 13.6. The van der Waals surface area contributed by atoms with Crippen LogP contribution in [0.4, 0.5) is 13.6 Å². The average molecular weight is 340 g/mol. The predicted octanol–water partition coefficient (Wildman–Crippen LogP) is 2.12. The van der Waals surface area contributed by atoms with Gasteiger partial charge in [0.2, 0.25) is 0 Å². The Balaban J connectivity index is 2.52. The fourth-order valence-corrected chi connectivity index (χ4v) is 2.58. The fourth-order valence-electron chi connectivity index (χ4n) is 2.58. The van der Waals surface area contributed by atoms with Crippen molar-refractivity contribution in [3.63, 3.8) is 0 Å². The number of benzene rings is 1. The molecule has 0 bridgehead atoms. The number of hydrogen-bond donors (Lipinski definition) is 1. The van der Waals surface area contributed by atoms with Gasteiger partial charge in [0.05, 0.1) is 31.9 Å². The molecular formula is C16H18F2N2O4. The summed E-state index contributed by atoms with van der Waals surface area (Å²) in [6.45, 7) is 2.04. The van der Waals surface area contributed by atoms with Crippen molar-refractivity contribution in [1.82, 2.24) is 10.2 Å². The third-order valence-corrected chi connectivity index (χ3v) is 3.79. The molecule has 0 spiro atoms. The third kappa shape index (κ3) is 3.38. The van der Waals surface area contributed by atoms with Crippen LogP contribution < -0.4 is 5.32 Å². The van der Waals surface area contributed by atoms with Crippen molar-refractivity contribution in [2.75, 3.05) is 27.4 Å². The lowest BCUT2D eigenvalue weighted by Gasteiger charge is -2.35. The van der Waals surface area contributed by atoms with Gasteiger partial charge in [0.15, 0.2) is 0 Å². The van der Waals surface area contributed by atoms with Crippen molar-refractivity contribution in [3.05, 3.63) is 46.7 Å². The summed E-state index contributed by atoms with van der Waals surface area (Å²) in [6, 6.07) is 1.38. The lowest BCUT2D eigenvalue weighted by Crippen LogP contribution is -2.49. The molecule has 1 aliphatic rings. The molecule has 130 valence electrons. The van der Waals surface area contributed by atoms with Crippen molar-refractivity contribution in [2.24, 2.45) is 0 Å². The van der Waals surface area contributed by atoms with Crippen molar-refractivity contribution in [3.8, 4) is 0 Å². The average Bonchev–Trinajstić information content (AvgIpc) is 2.53. The van der Waals surface area contributed by atoms with Crippen molar-refractivity contribution >= 4 is 12.0 Å². The Morgan fingerprint density at radius 3 is 2.62 bits per heavy atom. The van der Waals surface area contributed by atoms with Crippen LogP contribution in [0.2, 0.25) is 0 Å². The number of rotatable bonds is 5. The van der Waals surface area contributed by atoms with Crippen molar-refractivity contribution < 1.29 is 27.8 Å². The van der Waals surface area contributed by atoms with E-state index in [-0.39, 0.29) is 24.3 Å². The van der Waals surface area contributed by atoms with E-state index in [9.17, 15) is 18.4 Å². The van der Waals surface area contributed by atoms with E-state index in [4.69, 9.17) is 9.47 Å². The zero-order chi connectivity index (χ0) is 17.9. The van der Waals surface area contributed by atoms with Gasteiger partial charge in [-0.3, -0.25) is 4.90 Å². The molecule has 0 saturated heterocycles. The maximum atomic E-state index is 14.1. The van der Waals surface area contributed by atoms with E-state index in [1.807, 2.05) is 0 Å². The number of esters is 1. The number of amides is 2. The SMILES string of the molecule is COCCN1C(=O)NC(c2ccc(F)cc2F)C(C(=O)OC)=C1C. The molecule has 1 atom stereocenters. The first-order valence-electron chi connectivity index (χ1n) is 7.21. The third-order valence-electron chi connectivity index (χ3n) is 3.79. The van der Waals surface area contributed by atoms with Crippen molar-refractivity contribution in [1.29, 1.82) is 0 Å². The number of ether oxygens (including phenoxy) is 2. The smallest absolute Gasteiger partial charge is 0.337 e. The maximum absolute atomic E-state index is 14.1. The van der Waals surface area contributed by atoms with Gasteiger partial charge >= 0.3 is 12.0 Å². The van der Waals surface area contributed by atoms with E-state index in [1.165, 1.54) is 25.2 Å². The second-order valence-corrected chi connectivity index (χ2v) is 5.18. The van der Waals surface area contributed by atoms with Gasteiger partial charge in [-0.1, -0.05) is 6.07 Å². The van der Waals surface area contributed by atoms with Gasteiger partial charge in [-0.05, 0) is 13.0 Å². The first-order valence-corrected chi connectivity index (χ1v) is 7.21. The summed E-state index contributed by atoms with van der Waals surface area (Å²) in [5.41, 5.74) is 0.394. The van der Waals surface area contributed by atoms with Crippen LogP contribution in [0.5, 0.6) is 0 Å². The number of methoxy groups -OCH3 is 2. The highest BCUT2D eigenvalue weighted by Crippen LogP contribution is 2.32. The predicted molar refractivity (Wildman–Crippen MR) is 80.9 cm³/mol. The number of halogens is 2. The van der Waals surface area contributed by atoms with Gasteiger partial charge in [0.1, 0.15) is 11.6 Å². The van der Waals surface area contributed by atoms with Gasteiger partial charge < -0.3 is 14.8 Å². The van der Waals surface area contributed by atoms with E-state index in [0.717, 1.165) is 6.07 Å². The Morgan fingerprint density at radius 1 is 1.33 bits per heavy atom. The molecule has 8 heteroatoms. The van der Waals surface area contributed by atoms with E-state index < -0.39 is 29.7 Å². The quantitative estimate of drug-likeness (QED) is 0.834. The highest BCUT2D eigenvalue weighted by Gasteiger charge is 2.37. The summed E-state index contributed by atoms with van der Waals surface area (Å²) < 4.78 is 37.0. The molecule has 0 fully saturated rings. The van der Waals surface area contributed by atoms with E-state index >= 15 is 0 Å². The van der Waals surface area contributed by atoms with Gasteiger partial charge in [-0.2, -0.15) is 0 Å². The molecule has 1 heterocycles. The normalized spacial score (nSPS) is 17.8. The highest BCUT2D eigenvalue weighted by molar-refractivity contribution is 5.95. The minimum Gasteiger partial charge on any atom is -0.466 e. The minimum atomic E-state index is -1.07. The number of nitrogens with zero attached hydrogens (tertiary/aromatic N) is 1. The first-order chi connectivity index (χ1) is 11.4. The number of carbonyl (C=O) groups excluding carboxylic acids is 2. The Labute approximate surface area is 138 Å². The van der Waals surface area contributed by atoms with Crippen LogP contribution in [0.1, 0.15) is 18.5 Å². The van der Waals surface area contributed by atoms with Crippen LogP contribution in [-0.4, -0.2) is 44.3 Å². The summed E-state index contributed by atoms with van der Waals surface area (Å²) in [5, 5.41) is 2.56. The standard InChI is InChI=1S/C16H18F2N2O4/c1-9-13(15(21)24-3)14(11-5-4-10(17)8-12(11)18)19-16(22)20(9)6-7-23-2/h4-5,8,14H,6-7H2,1-3H3,(H,19,22). The van der Waals surface area contributed by atoms with Gasteiger partial charge in [0.25, 0.3) is 0 Å². The molecule has 0 radical (unpaired) electrons. The molecule has 1 N–H and O–H groups in total. The molecule has 24 heavy (non-hydrogen) atoms. The second-order valence-electron chi connectivity index (χ2n) is 5.18. The number of urea groups is 1. The van der Waals surface area contributed by atoms with Crippen LogP contribution in [0.25, 0.3) is 0 Å². The summed E-state index contributed by atoms with van der Waals surface area (Å²) in [6.07, 6.45) is 0. The molecule has 1 unspecified atom stereocenters. The van der Waals surface area contributed by atoms with Gasteiger partial charge in [0, 0.05) is 24.4 Å². The molecule has 2 amide bonds. The molecule has 1 aromatic rings. The Hall–Kier alpha value is -2.48. The molecule has 0 saturated carbocycles. The molecule has 0 aliphatic carbocycles. The molecule has 1 aliphatic heterocycles. The monoisotopic (exact) mass is 340 g/mol. The van der Waals surface area contributed by atoms with Crippen LogP contribution in [0.3, 0.4) is 0 Å². The maximum Gasteiger partial charge on any atom is 0.337 e. The number of allylic oxidation sites excluding steroid dienone is 1. The van der Waals surface area contributed by atoms with Crippen LogP contribution in [-0.2, 0) is 14.3 Å². The largest absolute Gasteiger partial charge is 0.466 e. The fraction of sp³-hybridized carbons (Fsp3) is 0.375. The van der Waals surface area contributed by atoms with Gasteiger partial charge in [-0.15, -0.1) is 0 Å². The lowest BCUT2D eigenvalue weighted by atomic mass is 9.94. The lowest BCUT2D eigenvalue weighted by molar-refractivity contribution is -0.136. The number of nitrogens with one attached hydrogen (secondary N) is 1. The second kappa shape index (κ2) is 7.39. The van der Waals surface area contributed by atoms with Gasteiger partial charge in [-0.25, -0.2) is 18.4 Å². The minimum absolute atomic E-state index is 0.0177. The van der Waals surface area contributed by atoms with E-state index in [2.05, 4.69) is 5.32 Å². The highest BCUT2D eigenvalue weighted by atomic mass is 19.1. The molecule has 1 aromatic carbocycles. The van der Waals surface area contributed by atoms with E-state index in [0.29, 0.717) is 11.8 Å². The molecular weight excluding hydrogens is 322 g/mol. The van der Waals surface area contributed by atoms with Crippen LogP contribution >= 0.6 is 0 Å². The summed E-state index contributed by atoms with van der Waals surface area (Å²) in [7, 11) is 2.68. The number of carbonyl (C=O) groups is 2. The van der Waals surface area contributed by atoms with Crippen molar-refractivity contribution in [2.45, 2.75) is 13.0 Å². The Morgan fingerprint density at radius 2 is 2.04 bits per heavy atom. The van der Waals surface area contributed by atoms with Crippen LogP contribution in [0.15, 0.2) is 29.5 Å². The molecule has 6 nitrogen and oxygen atoms in total. The van der Waals surface area contributed by atoms with E-state index in [1.54, 1.807) is 6.92 Å². The Bertz CT molecular complexity index is 691. The topological polar surface area (TPSA) is 67.9 Å². The van der Waals surface area contributed by atoms with Crippen LogP contribution in [0, 0.1) is 11.6 Å². The first kappa shape index (κ1) is 17.9.